The van der Waals surface area contributed by atoms with Crippen LogP contribution in [0.2, 0.25) is 0 Å². The number of furan rings is 1. The van der Waals surface area contributed by atoms with Gasteiger partial charge in [0.05, 0.1) is 0 Å². The van der Waals surface area contributed by atoms with Crippen LogP contribution in [0.5, 0.6) is 0 Å². The summed E-state index contributed by atoms with van der Waals surface area (Å²) in [7, 11) is 0. The molecule has 0 fully saturated rings. The maximum atomic E-state index is 12.7. The Morgan fingerprint density at radius 2 is 2.03 bits per heavy atom. The highest BCUT2D eigenvalue weighted by atomic mass is 79.9. The Hall–Kier alpha value is -2.81. The van der Waals surface area contributed by atoms with E-state index < -0.39 is 0 Å². The van der Waals surface area contributed by atoms with Gasteiger partial charge in [0.25, 0.3) is 5.56 Å². The summed E-state index contributed by atoms with van der Waals surface area (Å²) in [6, 6.07) is 15.6. The maximum absolute atomic E-state index is 12.7. The van der Waals surface area contributed by atoms with E-state index in [9.17, 15) is 4.79 Å². The van der Waals surface area contributed by atoms with E-state index in [2.05, 4.69) is 26.0 Å². The van der Waals surface area contributed by atoms with Crippen molar-refractivity contribution in [2.45, 2.75) is 0 Å². The van der Waals surface area contributed by atoms with E-state index in [1.807, 2.05) is 66.1 Å². The lowest BCUT2D eigenvalue weighted by atomic mass is 10.2. The summed E-state index contributed by atoms with van der Waals surface area (Å²) < 4.78 is 8.74. The zero-order valence-electron chi connectivity index (χ0n) is 14.8. The first kappa shape index (κ1) is 18.2. The minimum atomic E-state index is -0.200. The van der Waals surface area contributed by atoms with Crippen molar-refractivity contribution in [3.8, 4) is 11.3 Å². The molecule has 5 aromatic rings. The van der Waals surface area contributed by atoms with Crippen molar-refractivity contribution in [1.29, 1.82) is 0 Å². The number of hydrogen-bond donors (Lipinski definition) is 0. The van der Waals surface area contributed by atoms with Crippen molar-refractivity contribution in [1.82, 2.24) is 14.6 Å². The summed E-state index contributed by atoms with van der Waals surface area (Å²) in [5.74, 6) is 1.87. The molecule has 29 heavy (non-hydrogen) atoms. The van der Waals surface area contributed by atoms with E-state index >= 15 is 0 Å². The van der Waals surface area contributed by atoms with Gasteiger partial charge in [-0.1, -0.05) is 45.5 Å². The molecule has 0 amide bonds. The molecule has 0 aliphatic heterocycles. The Morgan fingerprint density at radius 3 is 2.83 bits per heavy atom. The number of thiazole rings is 1. The number of fused-ring (bicyclic) bond motifs is 1. The molecule has 0 spiro atoms. The first-order valence-electron chi connectivity index (χ1n) is 8.64. The highest BCUT2D eigenvalue weighted by Crippen LogP contribution is 2.25. The number of nitrogens with zero attached hydrogens (tertiary/aromatic N) is 3. The van der Waals surface area contributed by atoms with Crippen molar-refractivity contribution in [3.63, 3.8) is 0 Å². The van der Waals surface area contributed by atoms with Crippen LogP contribution in [-0.2, 0) is 0 Å². The number of thiophene rings is 1. The van der Waals surface area contributed by atoms with Crippen molar-refractivity contribution < 1.29 is 4.42 Å². The normalized spacial score (nSPS) is 12.5. The van der Waals surface area contributed by atoms with Gasteiger partial charge in [-0.05, 0) is 47.9 Å². The number of rotatable bonds is 4. The van der Waals surface area contributed by atoms with Gasteiger partial charge in [0.1, 0.15) is 16.1 Å². The Kier molecular flexibility index (Phi) is 4.75. The Morgan fingerprint density at radius 1 is 1.10 bits per heavy atom. The second-order valence-corrected chi connectivity index (χ2v) is 9.05. The van der Waals surface area contributed by atoms with Crippen LogP contribution in [-0.4, -0.2) is 14.6 Å². The monoisotopic (exact) mass is 481 g/mol. The molecule has 1 aromatic carbocycles. The minimum Gasteiger partial charge on any atom is -0.457 e. The first-order chi connectivity index (χ1) is 14.2. The first-order valence-corrected chi connectivity index (χ1v) is 11.1. The minimum absolute atomic E-state index is 0.200. The second kappa shape index (κ2) is 7.55. The molecule has 4 heterocycles. The van der Waals surface area contributed by atoms with Crippen molar-refractivity contribution >= 4 is 61.8 Å². The average Bonchev–Trinajstić information content (AvgIpc) is 3.48. The lowest BCUT2D eigenvalue weighted by Gasteiger charge is -1.96. The summed E-state index contributed by atoms with van der Waals surface area (Å²) >= 11 is 6.39. The van der Waals surface area contributed by atoms with Crippen molar-refractivity contribution in [2.24, 2.45) is 0 Å². The lowest BCUT2D eigenvalue weighted by molar-refractivity contribution is 0.571. The third kappa shape index (κ3) is 3.74. The van der Waals surface area contributed by atoms with Crippen LogP contribution in [0.3, 0.4) is 0 Å². The van der Waals surface area contributed by atoms with Crippen LogP contribution < -0.4 is 10.1 Å². The van der Waals surface area contributed by atoms with Crippen LogP contribution >= 0.6 is 38.6 Å². The van der Waals surface area contributed by atoms with E-state index in [0.29, 0.717) is 21.1 Å². The predicted octanol–water partition coefficient (Wildman–Crippen LogP) is 4.95. The van der Waals surface area contributed by atoms with Gasteiger partial charge in [-0.2, -0.15) is 9.50 Å². The molecule has 0 saturated carbocycles. The number of halogens is 1. The molecule has 0 atom stereocenters. The van der Waals surface area contributed by atoms with E-state index in [1.165, 1.54) is 15.9 Å². The standard InChI is InChI=1S/C21H12BrN3O2S2/c22-14-4-1-3-13(11-14)17-8-6-15(27-17)12-18-20(26)25-21(29-18)23-19(24-25)9-7-16-5-2-10-28-16/h1-12H/b9-7+,18-12-. The molecule has 4 aromatic heterocycles. The molecule has 0 aliphatic carbocycles. The summed E-state index contributed by atoms with van der Waals surface area (Å²) in [5.41, 5.74) is 0.764. The largest absolute Gasteiger partial charge is 0.457 e. The molecule has 5 rings (SSSR count). The van der Waals surface area contributed by atoms with Gasteiger partial charge in [-0.3, -0.25) is 4.79 Å². The SMILES string of the molecule is O=c1/c(=C/c2ccc(-c3cccc(Br)c3)o2)sc2nc(/C=C/c3cccs3)nn12. The number of aromatic nitrogens is 3. The van der Waals surface area contributed by atoms with Crippen LogP contribution in [0.25, 0.3) is 34.5 Å². The highest BCUT2D eigenvalue weighted by molar-refractivity contribution is 9.10. The van der Waals surface area contributed by atoms with Crippen LogP contribution in [0.4, 0.5) is 0 Å². The van der Waals surface area contributed by atoms with Gasteiger partial charge in [-0.15, -0.1) is 16.4 Å². The van der Waals surface area contributed by atoms with E-state index in [4.69, 9.17) is 4.42 Å². The molecular weight excluding hydrogens is 470 g/mol. The topological polar surface area (TPSA) is 60.4 Å². The smallest absolute Gasteiger partial charge is 0.291 e. The van der Waals surface area contributed by atoms with Gasteiger partial charge < -0.3 is 4.42 Å². The van der Waals surface area contributed by atoms with E-state index in [1.54, 1.807) is 17.4 Å². The zero-order chi connectivity index (χ0) is 19.8. The van der Waals surface area contributed by atoms with Crippen LogP contribution in [0, 0.1) is 0 Å². The molecular formula is C21H12BrN3O2S2. The number of hydrogen-bond acceptors (Lipinski definition) is 6. The number of benzene rings is 1. The highest BCUT2D eigenvalue weighted by Gasteiger charge is 2.10. The summed E-state index contributed by atoms with van der Waals surface area (Å²) in [6.07, 6.45) is 5.48. The van der Waals surface area contributed by atoms with Crippen molar-refractivity contribution in [3.05, 3.63) is 89.7 Å². The average molecular weight is 482 g/mol. The summed E-state index contributed by atoms with van der Waals surface area (Å²) in [6.45, 7) is 0. The van der Waals surface area contributed by atoms with Gasteiger partial charge in [0.15, 0.2) is 5.82 Å². The van der Waals surface area contributed by atoms with E-state index in [0.717, 1.165) is 20.7 Å². The van der Waals surface area contributed by atoms with Gasteiger partial charge in [-0.25, -0.2) is 0 Å². The molecule has 0 bridgehead atoms. The van der Waals surface area contributed by atoms with Gasteiger partial charge in [0.2, 0.25) is 4.96 Å². The fraction of sp³-hybridized carbons (Fsp3) is 0. The lowest BCUT2D eigenvalue weighted by Crippen LogP contribution is -2.23. The van der Waals surface area contributed by atoms with Crippen molar-refractivity contribution in [2.75, 3.05) is 0 Å². The third-order valence-electron chi connectivity index (χ3n) is 4.15. The van der Waals surface area contributed by atoms with Crippen LogP contribution in [0.15, 0.2) is 67.6 Å². The molecule has 142 valence electrons. The molecule has 8 heteroatoms. The summed E-state index contributed by atoms with van der Waals surface area (Å²) in [5, 5.41) is 6.31. The fourth-order valence-electron chi connectivity index (χ4n) is 2.82. The predicted molar refractivity (Wildman–Crippen MR) is 121 cm³/mol. The zero-order valence-corrected chi connectivity index (χ0v) is 18.0. The van der Waals surface area contributed by atoms with Crippen LogP contribution in [0.1, 0.15) is 16.5 Å². The quantitative estimate of drug-likeness (QED) is 0.364. The van der Waals surface area contributed by atoms with E-state index in [-0.39, 0.29) is 5.56 Å². The Balaban J connectivity index is 1.46. The molecule has 0 saturated heterocycles. The van der Waals surface area contributed by atoms with Gasteiger partial charge in [0, 0.05) is 21.0 Å². The maximum Gasteiger partial charge on any atom is 0.291 e. The third-order valence-corrected chi connectivity index (χ3v) is 6.44. The Labute approximate surface area is 181 Å². The molecule has 0 N–H and O–H groups in total. The molecule has 0 unspecified atom stereocenters. The van der Waals surface area contributed by atoms with Gasteiger partial charge >= 0.3 is 0 Å². The molecule has 0 radical (unpaired) electrons. The molecule has 0 aliphatic rings. The Bertz CT molecular complexity index is 1440. The summed E-state index contributed by atoms with van der Waals surface area (Å²) in [4.78, 5) is 18.8. The molecule has 5 nitrogen and oxygen atoms in total. The fourth-order valence-corrected chi connectivity index (χ4v) is 4.73. The second-order valence-electron chi connectivity index (χ2n) is 6.14.